The highest BCUT2D eigenvalue weighted by Crippen LogP contribution is 2.25. The molecule has 0 heterocycles. The maximum Gasteiger partial charge on any atom is 0.137 e. The standard InChI is InChI=1S/C11H10ClNO/c1-2-3-6-14-11-5-4-9(8-13)7-10(11)12/h2,4-5,7H,1,3,6H2. The van der Waals surface area contributed by atoms with Gasteiger partial charge in [0.05, 0.1) is 23.3 Å². The molecular weight excluding hydrogens is 198 g/mol. The van der Waals surface area contributed by atoms with Gasteiger partial charge in [-0.05, 0) is 24.6 Å². The number of halogens is 1. The van der Waals surface area contributed by atoms with Crippen LogP contribution in [-0.2, 0) is 0 Å². The van der Waals surface area contributed by atoms with Crippen molar-refractivity contribution in [1.82, 2.24) is 0 Å². The minimum atomic E-state index is 0.466. The molecular formula is C11H10ClNO. The molecule has 72 valence electrons. The van der Waals surface area contributed by atoms with Gasteiger partial charge in [-0.25, -0.2) is 0 Å². The van der Waals surface area contributed by atoms with E-state index in [1.165, 1.54) is 0 Å². The van der Waals surface area contributed by atoms with Gasteiger partial charge in [0.2, 0.25) is 0 Å². The fourth-order valence-electron chi connectivity index (χ4n) is 0.940. The first-order chi connectivity index (χ1) is 6.77. The Morgan fingerprint density at radius 2 is 2.36 bits per heavy atom. The molecule has 0 amide bonds. The maximum atomic E-state index is 8.60. The predicted octanol–water partition coefficient (Wildman–Crippen LogP) is 3.17. The molecule has 1 rings (SSSR count). The summed E-state index contributed by atoms with van der Waals surface area (Å²) in [7, 11) is 0. The first-order valence-corrected chi connectivity index (χ1v) is 4.59. The van der Waals surface area contributed by atoms with E-state index >= 15 is 0 Å². The van der Waals surface area contributed by atoms with Crippen LogP contribution in [0.2, 0.25) is 5.02 Å². The van der Waals surface area contributed by atoms with Crippen LogP contribution in [0.15, 0.2) is 30.9 Å². The minimum absolute atomic E-state index is 0.466. The van der Waals surface area contributed by atoms with Crippen LogP contribution in [0.25, 0.3) is 0 Å². The van der Waals surface area contributed by atoms with Gasteiger partial charge in [0.25, 0.3) is 0 Å². The van der Waals surface area contributed by atoms with E-state index in [-0.39, 0.29) is 0 Å². The van der Waals surface area contributed by atoms with E-state index in [9.17, 15) is 0 Å². The lowest BCUT2D eigenvalue weighted by atomic mass is 10.2. The van der Waals surface area contributed by atoms with E-state index in [1.54, 1.807) is 24.3 Å². The van der Waals surface area contributed by atoms with E-state index in [2.05, 4.69) is 6.58 Å². The van der Waals surface area contributed by atoms with Crippen molar-refractivity contribution >= 4 is 11.6 Å². The molecule has 14 heavy (non-hydrogen) atoms. The molecule has 0 radical (unpaired) electrons. The monoisotopic (exact) mass is 207 g/mol. The summed E-state index contributed by atoms with van der Waals surface area (Å²) in [5, 5.41) is 9.07. The zero-order chi connectivity index (χ0) is 10.4. The maximum absolute atomic E-state index is 8.60. The summed E-state index contributed by atoms with van der Waals surface area (Å²) in [5.74, 6) is 0.604. The van der Waals surface area contributed by atoms with Crippen LogP contribution < -0.4 is 4.74 Å². The van der Waals surface area contributed by atoms with Gasteiger partial charge in [0.15, 0.2) is 0 Å². The molecule has 0 aliphatic heterocycles. The van der Waals surface area contributed by atoms with Crippen molar-refractivity contribution < 1.29 is 4.74 Å². The van der Waals surface area contributed by atoms with Crippen molar-refractivity contribution in [3.05, 3.63) is 41.4 Å². The van der Waals surface area contributed by atoms with E-state index in [4.69, 9.17) is 21.6 Å². The van der Waals surface area contributed by atoms with Crippen LogP contribution in [0.4, 0.5) is 0 Å². The summed E-state index contributed by atoms with van der Waals surface area (Å²) >= 11 is 5.89. The van der Waals surface area contributed by atoms with Gasteiger partial charge in [-0.1, -0.05) is 17.7 Å². The second-order valence-corrected chi connectivity index (χ2v) is 3.09. The molecule has 0 saturated heterocycles. The van der Waals surface area contributed by atoms with Crippen molar-refractivity contribution in [3.8, 4) is 11.8 Å². The summed E-state index contributed by atoms with van der Waals surface area (Å²) in [6, 6.07) is 6.97. The lowest BCUT2D eigenvalue weighted by molar-refractivity contribution is 0.325. The molecule has 0 bridgehead atoms. The summed E-state index contributed by atoms with van der Waals surface area (Å²) in [4.78, 5) is 0. The summed E-state index contributed by atoms with van der Waals surface area (Å²) in [5.41, 5.74) is 0.533. The summed E-state index contributed by atoms with van der Waals surface area (Å²) in [6.07, 6.45) is 2.55. The van der Waals surface area contributed by atoms with Crippen LogP contribution in [0, 0.1) is 11.3 Å². The Hall–Kier alpha value is -1.46. The molecule has 0 spiro atoms. The Kier molecular flexibility index (Phi) is 4.03. The number of ether oxygens (including phenoxy) is 1. The Morgan fingerprint density at radius 1 is 1.57 bits per heavy atom. The van der Waals surface area contributed by atoms with Gasteiger partial charge in [0, 0.05) is 0 Å². The number of rotatable bonds is 4. The molecule has 0 unspecified atom stereocenters. The topological polar surface area (TPSA) is 33.0 Å². The van der Waals surface area contributed by atoms with E-state index in [1.807, 2.05) is 6.07 Å². The highest BCUT2D eigenvalue weighted by molar-refractivity contribution is 6.32. The molecule has 0 fully saturated rings. The minimum Gasteiger partial charge on any atom is -0.492 e. The third-order valence-electron chi connectivity index (χ3n) is 1.64. The van der Waals surface area contributed by atoms with Gasteiger partial charge in [-0.3, -0.25) is 0 Å². The van der Waals surface area contributed by atoms with Crippen LogP contribution in [0.3, 0.4) is 0 Å². The van der Waals surface area contributed by atoms with Crippen LogP contribution in [0.1, 0.15) is 12.0 Å². The van der Waals surface area contributed by atoms with Crippen molar-refractivity contribution in [1.29, 1.82) is 5.26 Å². The zero-order valence-corrected chi connectivity index (χ0v) is 8.42. The van der Waals surface area contributed by atoms with Crippen LogP contribution >= 0.6 is 11.6 Å². The Labute approximate surface area is 88.4 Å². The number of nitriles is 1. The fraction of sp³-hybridized carbons (Fsp3) is 0.182. The quantitative estimate of drug-likeness (QED) is 0.561. The lowest BCUT2D eigenvalue weighted by Crippen LogP contribution is -1.96. The lowest BCUT2D eigenvalue weighted by Gasteiger charge is -2.06. The number of hydrogen-bond donors (Lipinski definition) is 0. The van der Waals surface area contributed by atoms with Crippen molar-refractivity contribution in [2.45, 2.75) is 6.42 Å². The first kappa shape index (κ1) is 10.6. The third kappa shape index (κ3) is 2.79. The molecule has 0 aromatic heterocycles. The van der Waals surface area contributed by atoms with Crippen LogP contribution in [0.5, 0.6) is 5.75 Å². The molecule has 1 aromatic carbocycles. The molecule has 0 saturated carbocycles. The number of benzene rings is 1. The molecule has 0 atom stereocenters. The summed E-state index contributed by atoms with van der Waals surface area (Å²) < 4.78 is 5.36. The molecule has 0 N–H and O–H groups in total. The second kappa shape index (κ2) is 5.31. The predicted molar refractivity (Wildman–Crippen MR) is 56.5 cm³/mol. The molecule has 2 nitrogen and oxygen atoms in total. The Morgan fingerprint density at radius 3 is 2.93 bits per heavy atom. The van der Waals surface area contributed by atoms with E-state index in [0.29, 0.717) is 22.9 Å². The first-order valence-electron chi connectivity index (χ1n) is 4.21. The molecule has 0 aliphatic rings. The highest BCUT2D eigenvalue weighted by Gasteiger charge is 2.01. The van der Waals surface area contributed by atoms with Gasteiger partial charge in [0.1, 0.15) is 5.75 Å². The van der Waals surface area contributed by atoms with Gasteiger partial charge in [-0.15, -0.1) is 6.58 Å². The molecule has 0 aliphatic carbocycles. The van der Waals surface area contributed by atoms with Crippen molar-refractivity contribution in [3.63, 3.8) is 0 Å². The normalized spacial score (nSPS) is 9.14. The summed E-state index contributed by atoms with van der Waals surface area (Å²) in [6.45, 7) is 4.14. The largest absolute Gasteiger partial charge is 0.492 e. The fourth-order valence-corrected chi connectivity index (χ4v) is 1.17. The van der Waals surface area contributed by atoms with Crippen LogP contribution in [-0.4, -0.2) is 6.61 Å². The van der Waals surface area contributed by atoms with E-state index < -0.39 is 0 Å². The average Bonchev–Trinajstić information content (AvgIpc) is 2.20. The number of nitrogens with zero attached hydrogens (tertiary/aromatic N) is 1. The Balaban J connectivity index is 2.70. The second-order valence-electron chi connectivity index (χ2n) is 2.68. The smallest absolute Gasteiger partial charge is 0.137 e. The highest BCUT2D eigenvalue weighted by atomic mass is 35.5. The van der Waals surface area contributed by atoms with Crippen molar-refractivity contribution in [2.24, 2.45) is 0 Å². The van der Waals surface area contributed by atoms with Gasteiger partial charge < -0.3 is 4.74 Å². The van der Waals surface area contributed by atoms with Gasteiger partial charge in [-0.2, -0.15) is 5.26 Å². The molecule has 3 heteroatoms. The molecule has 1 aromatic rings. The van der Waals surface area contributed by atoms with E-state index in [0.717, 1.165) is 6.42 Å². The average molecular weight is 208 g/mol. The van der Waals surface area contributed by atoms with Crippen molar-refractivity contribution in [2.75, 3.05) is 6.61 Å². The Bertz CT molecular complexity index is 368. The zero-order valence-electron chi connectivity index (χ0n) is 7.66. The third-order valence-corrected chi connectivity index (χ3v) is 1.94. The van der Waals surface area contributed by atoms with Gasteiger partial charge >= 0.3 is 0 Å². The SMILES string of the molecule is C=CCCOc1ccc(C#N)cc1Cl. The number of hydrogen-bond acceptors (Lipinski definition) is 2.